The molecule has 0 spiro atoms. The fourth-order valence-corrected chi connectivity index (χ4v) is 4.68. The normalized spacial score (nSPS) is 37.0. The van der Waals surface area contributed by atoms with Gasteiger partial charge in [0.1, 0.15) is 0 Å². The molecule has 0 aromatic rings. The van der Waals surface area contributed by atoms with E-state index in [0.29, 0.717) is 5.92 Å². The van der Waals surface area contributed by atoms with Crippen molar-refractivity contribution in [2.24, 2.45) is 23.7 Å². The predicted octanol–water partition coefficient (Wildman–Crippen LogP) is 4.38. The molecule has 0 saturated heterocycles. The van der Waals surface area contributed by atoms with Gasteiger partial charge in [0.15, 0.2) is 8.32 Å². The van der Waals surface area contributed by atoms with Crippen molar-refractivity contribution in [2.45, 2.75) is 57.8 Å². The zero-order valence-electron chi connectivity index (χ0n) is 14.5. The summed E-state index contributed by atoms with van der Waals surface area (Å²) in [7, 11) is -1.71. The Morgan fingerprint density at radius 2 is 2.05 bits per heavy atom. The number of fused-ring (bicyclic) bond motifs is 2. The topological polar surface area (TPSA) is 29.5 Å². The Balaban J connectivity index is 2.06. The highest BCUT2D eigenvalue weighted by atomic mass is 28.4. The van der Waals surface area contributed by atoms with Gasteiger partial charge in [-0.25, -0.2) is 0 Å². The Morgan fingerprint density at radius 3 is 2.57 bits per heavy atom. The summed E-state index contributed by atoms with van der Waals surface area (Å²) in [5.74, 6) is 1.06. The van der Waals surface area contributed by atoms with Gasteiger partial charge in [0.05, 0.1) is 5.60 Å². The monoisotopic (exact) mass is 308 g/mol. The first-order valence-corrected chi connectivity index (χ1v) is 11.1. The van der Waals surface area contributed by atoms with E-state index in [2.05, 4.69) is 59.5 Å². The molecule has 3 heteroatoms. The van der Waals surface area contributed by atoms with Crippen LogP contribution in [0.3, 0.4) is 0 Å². The van der Waals surface area contributed by atoms with Crippen molar-refractivity contribution in [3.05, 3.63) is 24.8 Å². The second kappa shape index (κ2) is 5.36. The quantitative estimate of drug-likeness (QED) is 0.603. The molecule has 0 heterocycles. The van der Waals surface area contributed by atoms with Gasteiger partial charge in [-0.1, -0.05) is 45.9 Å². The van der Waals surface area contributed by atoms with E-state index in [-0.39, 0.29) is 22.8 Å². The predicted molar refractivity (Wildman–Crippen MR) is 91.7 cm³/mol. The van der Waals surface area contributed by atoms with Gasteiger partial charge in [-0.3, -0.25) is 0 Å². The lowest BCUT2D eigenvalue weighted by molar-refractivity contribution is -0.0367. The van der Waals surface area contributed by atoms with Gasteiger partial charge in [0.2, 0.25) is 0 Å². The van der Waals surface area contributed by atoms with Crippen LogP contribution in [0.15, 0.2) is 24.8 Å². The number of aliphatic hydroxyl groups is 1. The summed E-state index contributed by atoms with van der Waals surface area (Å²) in [5, 5.41) is 11.4. The molecule has 2 bridgehead atoms. The molecular formula is C18H32O2Si. The maximum Gasteiger partial charge on any atom is 0.191 e. The van der Waals surface area contributed by atoms with Crippen molar-refractivity contribution in [3.8, 4) is 0 Å². The minimum Gasteiger partial charge on any atom is -0.417 e. The van der Waals surface area contributed by atoms with Crippen LogP contribution in [0.1, 0.15) is 34.1 Å². The standard InChI is InChI=1S/C18H32O2Si/c1-8-13(2)18(19)15-9-10-16(18)14(11-15)12-20-21(6,7)17(3,4)5/h8-10,13-16,19H,1,11-12H2,2-7H3/t13?,14-,15-,16+,18+/m0/s1. The minimum absolute atomic E-state index is 0.125. The van der Waals surface area contributed by atoms with E-state index in [1.54, 1.807) is 0 Å². The summed E-state index contributed by atoms with van der Waals surface area (Å²) in [5.41, 5.74) is -0.636. The average molecular weight is 309 g/mol. The Hall–Kier alpha value is -0.383. The second-order valence-corrected chi connectivity index (χ2v) is 13.3. The summed E-state index contributed by atoms with van der Waals surface area (Å²) < 4.78 is 6.41. The largest absolute Gasteiger partial charge is 0.417 e. The summed E-state index contributed by atoms with van der Waals surface area (Å²) in [6.07, 6.45) is 7.36. The van der Waals surface area contributed by atoms with Gasteiger partial charge in [-0.2, -0.15) is 0 Å². The van der Waals surface area contributed by atoms with Crippen LogP contribution >= 0.6 is 0 Å². The van der Waals surface area contributed by atoms with Crippen LogP contribution in [-0.4, -0.2) is 25.6 Å². The van der Waals surface area contributed by atoms with E-state index in [1.165, 1.54) is 0 Å². The summed E-state index contributed by atoms with van der Waals surface area (Å²) in [6, 6.07) is 0. The molecular weight excluding hydrogens is 276 g/mol. The molecule has 0 aliphatic heterocycles. The van der Waals surface area contributed by atoms with Crippen LogP contribution in [0.5, 0.6) is 0 Å². The van der Waals surface area contributed by atoms with E-state index in [9.17, 15) is 5.11 Å². The van der Waals surface area contributed by atoms with Gasteiger partial charge < -0.3 is 9.53 Å². The zero-order chi connectivity index (χ0) is 16.1. The first kappa shape index (κ1) is 17.0. The van der Waals surface area contributed by atoms with Gasteiger partial charge >= 0.3 is 0 Å². The molecule has 1 fully saturated rings. The van der Waals surface area contributed by atoms with Crippen molar-refractivity contribution in [2.75, 3.05) is 6.61 Å². The number of rotatable bonds is 5. The third-order valence-electron chi connectivity index (χ3n) is 6.29. The van der Waals surface area contributed by atoms with E-state index in [4.69, 9.17) is 4.43 Å². The highest BCUT2D eigenvalue weighted by molar-refractivity contribution is 6.74. The van der Waals surface area contributed by atoms with E-state index < -0.39 is 13.9 Å². The lowest BCUT2D eigenvalue weighted by Crippen LogP contribution is -2.44. The molecule has 1 N–H and O–H groups in total. The number of hydrogen-bond donors (Lipinski definition) is 1. The summed E-state index contributed by atoms with van der Waals surface area (Å²) in [4.78, 5) is 0. The van der Waals surface area contributed by atoms with E-state index >= 15 is 0 Å². The molecule has 2 aliphatic carbocycles. The molecule has 5 atom stereocenters. The fraction of sp³-hybridized carbons (Fsp3) is 0.778. The van der Waals surface area contributed by atoms with Gasteiger partial charge in [0.25, 0.3) is 0 Å². The first-order valence-electron chi connectivity index (χ1n) is 8.21. The Labute approximate surface area is 131 Å². The van der Waals surface area contributed by atoms with E-state index in [0.717, 1.165) is 13.0 Å². The van der Waals surface area contributed by atoms with Crippen LogP contribution < -0.4 is 0 Å². The fourth-order valence-electron chi connectivity index (χ4n) is 3.62. The smallest absolute Gasteiger partial charge is 0.191 e. The summed E-state index contributed by atoms with van der Waals surface area (Å²) in [6.45, 7) is 18.2. The van der Waals surface area contributed by atoms with Crippen molar-refractivity contribution in [1.82, 2.24) is 0 Å². The second-order valence-electron chi connectivity index (χ2n) is 8.50. The Morgan fingerprint density at radius 1 is 1.43 bits per heavy atom. The van der Waals surface area contributed by atoms with Crippen molar-refractivity contribution in [1.29, 1.82) is 0 Å². The zero-order valence-corrected chi connectivity index (χ0v) is 15.5. The Bertz CT molecular complexity index is 435. The van der Waals surface area contributed by atoms with Gasteiger partial charge in [-0.05, 0) is 30.5 Å². The average Bonchev–Trinajstić information content (AvgIpc) is 2.86. The molecule has 1 saturated carbocycles. The lowest BCUT2D eigenvalue weighted by atomic mass is 9.78. The molecule has 2 nitrogen and oxygen atoms in total. The molecule has 0 radical (unpaired) electrons. The third-order valence-corrected chi connectivity index (χ3v) is 10.8. The van der Waals surface area contributed by atoms with Crippen LogP contribution in [-0.2, 0) is 4.43 Å². The maximum atomic E-state index is 11.1. The highest BCUT2D eigenvalue weighted by Crippen LogP contribution is 2.55. The molecule has 0 amide bonds. The first-order chi connectivity index (χ1) is 9.54. The minimum atomic E-state index is -1.71. The van der Waals surface area contributed by atoms with Gasteiger partial charge in [0, 0.05) is 24.4 Å². The molecule has 120 valence electrons. The SMILES string of the molecule is C=CC(C)[C@]1(O)[C@@H]2C=C[C@H]1C[C@H]2CO[Si](C)(C)C(C)(C)C. The molecule has 21 heavy (non-hydrogen) atoms. The van der Waals surface area contributed by atoms with Crippen LogP contribution in [0.25, 0.3) is 0 Å². The van der Waals surface area contributed by atoms with Crippen molar-refractivity contribution >= 4 is 8.32 Å². The molecule has 0 aromatic heterocycles. The third kappa shape index (κ3) is 2.69. The summed E-state index contributed by atoms with van der Waals surface area (Å²) >= 11 is 0. The number of hydrogen-bond acceptors (Lipinski definition) is 2. The maximum absolute atomic E-state index is 11.1. The molecule has 1 unspecified atom stereocenters. The molecule has 2 aliphatic rings. The highest BCUT2D eigenvalue weighted by Gasteiger charge is 2.57. The van der Waals surface area contributed by atoms with Crippen LogP contribution in [0, 0.1) is 23.7 Å². The van der Waals surface area contributed by atoms with Crippen molar-refractivity contribution < 1.29 is 9.53 Å². The molecule has 0 aromatic carbocycles. The molecule has 2 rings (SSSR count). The Kier molecular flexibility index (Phi) is 4.33. The van der Waals surface area contributed by atoms with Crippen LogP contribution in [0.4, 0.5) is 0 Å². The van der Waals surface area contributed by atoms with Gasteiger partial charge in [-0.15, -0.1) is 6.58 Å². The van der Waals surface area contributed by atoms with Crippen LogP contribution in [0.2, 0.25) is 18.1 Å². The van der Waals surface area contributed by atoms with Crippen molar-refractivity contribution in [3.63, 3.8) is 0 Å². The lowest BCUT2D eigenvalue weighted by Gasteiger charge is -2.38. The van der Waals surface area contributed by atoms with E-state index in [1.807, 2.05) is 6.08 Å².